The van der Waals surface area contributed by atoms with Gasteiger partial charge in [0.15, 0.2) is 0 Å². The van der Waals surface area contributed by atoms with E-state index in [1.54, 1.807) is 0 Å². The van der Waals surface area contributed by atoms with Crippen LogP contribution in [0.2, 0.25) is 0 Å². The van der Waals surface area contributed by atoms with Crippen LogP contribution in [0.1, 0.15) is 56.9 Å². The summed E-state index contributed by atoms with van der Waals surface area (Å²) in [7, 11) is 0. The second-order valence-electron chi connectivity index (χ2n) is 6.22. The van der Waals surface area contributed by atoms with E-state index < -0.39 is 0 Å². The average molecular weight is 260 g/mol. The molecule has 2 aliphatic carbocycles. The van der Waals surface area contributed by atoms with Crippen LogP contribution in [0, 0.1) is 5.92 Å². The minimum atomic E-state index is -0.108. The van der Waals surface area contributed by atoms with Crippen LogP contribution in [-0.4, -0.2) is 17.3 Å². The van der Waals surface area contributed by atoms with Crippen molar-refractivity contribution < 1.29 is 9.84 Å². The monoisotopic (exact) mass is 260 g/mol. The molecule has 2 aliphatic rings. The van der Waals surface area contributed by atoms with Gasteiger partial charge in [-0.1, -0.05) is 25.5 Å². The smallest absolute Gasteiger partial charge is 0.119 e. The molecule has 0 saturated heterocycles. The number of ether oxygens (including phenoxy) is 1. The fourth-order valence-corrected chi connectivity index (χ4v) is 3.37. The molecule has 19 heavy (non-hydrogen) atoms. The van der Waals surface area contributed by atoms with Crippen molar-refractivity contribution in [2.24, 2.45) is 5.92 Å². The van der Waals surface area contributed by atoms with Gasteiger partial charge in [-0.2, -0.15) is 0 Å². The van der Waals surface area contributed by atoms with Gasteiger partial charge in [0.2, 0.25) is 0 Å². The largest absolute Gasteiger partial charge is 0.490 e. The Morgan fingerprint density at radius 2 is 1.74 bits per heavy atom. The Morgan fingerprint density at radius 3 is 2.32 bits per heavy atom. The fraction of sp³-hybridized carbons (Fsp3) is 0.647. The van der Waals surface area contributed by atoms with Crippen LogP contribution in [-0.2, 0) is 0 Å². The molecule has 1 aromatic carbocycles. The average Bonchev–Trinajstić information content (AvgIpc) is 2.46. The summed E-state index contributed by atoms with van der Waals surface area (Å²) in [5.41, 5.74) is 1.34. The zero-order valence-electron chi connectivity index (χ0n) is 11.7. The van der Waals surface area contributed by atoms with Crippen molar-refractivity contribution in [1.29, 1.82) is 0 Å². The summed E-state index contributed by atoms with van der Waals surface area (Å²) < 4.78 is 6.04. The Labute approximate surface area is 115 Å². The lowest BCUT2D eigenvalue weighted by atomic mass is 9.69. The molecule has 0 radical (unpaired) electrons. The van der Waals surface area contributed by atoms with Gasteiger partial charge in [-0.15, -0.1) is 0 Å². The van der Waals surface area contributed by atoms with Gasteiger partial charge in [0.05, 0.1) is 12.2 Å². The standard InChI is InChI=1S/C17H24O2/c1-12-16(11-17(12)18)13-7-9-15(10-8-13)19-14-5-3-2-4-6-14/h7-10,12,14,16-18H,2-6,11H2,1H3. The van der Waals surface area contributed by atoms with Gasteiger partial charge in [-0.25, -0.2) is 0 Å². The van der Waals surface area contributed by atoms with E-state index in [1.165, 1.54) is 37.7 Å². The number of aliphatic hydroxyl groups is 1. The van der Waals surface area contributed by atoms with Crippen molar-refractivity contribution in [3.63, 3.8) is 0 Å². The predicted molar refractivity (Wildman–Crippen MR) is 76.5 cm³/mol. The van der Waals surface area contributed by atoms with E-state index in [2.05, 4.69) is 31.2 Å². The normalized spacial score (nSPS) is 31.8. The first-order chi connectivity index (χ1) is 9.24. The van der Waals surface area contributed by atoms with E-state index in [-0.39, 0.29) is 6.10 Å². The molecule has 0 amide bonds. The first-order valence-corrected chi connectivity index (χ1v) is 7.69. The van der Waals surface area contributed by atoms with Gasteiger partial charge >= 0.3 is 0 Å². The van der Waals surface area contributed by atoms with Crippen LogP contribution >= 0.6 is 0 Å². The highest BCUT2D eigenvalue weighted by atomic mass is 16.5. The molecule has 2 fully saturated rings. The van der Waals surface area contributed by atoms with Gasteiger partial charge in [-0.05, 0) is 61.6 Å². The Balaban J connectivity index is 1.59. The number of hydrogen-bond donors (Lipinski definition) is 1. The van der Waals surface area contributed by atoms with Crippen LogP contribution in [0.15, 0.2) is 24.3 Å². The van der Waals surface area contributed by atoms with Gasteiger partial charge < -0.3 is 9.84 Å². The predicted octanol–water partition coefficient (Wildman–Crippen LogP) is 3.88. The van der Waals surface area contributed by atoms with Crippen LogP contribution in [0.25, 0.3) is 0 Å². The lowest BCUT2D eigenvalue weighted by Crippen LogP contribution is -2.37. The van der Waals surface area contributed by atoms with Crippen molar-refractivity contribution in [2.75, 3.05) is 0 Å². The van der Waals surface area contributed by atoms with E-state index >= 15 is 0 Å². The molecule has 3 atom stereocenters. The summed E-state index contributed by atoms with van der Waals surface area (Å²) in [6.45, 7) is 2.13. The topological polar surface area (TPSA) is 29.5 Å². The van der Waals surface area contributed by atoms with Crippen LogP contribution in [0.4, 0.5) is 0 Å². The minimum Gasteiger partial charge on any atom is -0.490 e. The summed E-state index contributed by atoms with van der Waals surface area (Å²) in [5.74, 6) is 1.92. The van der Waals surface area contributed by atoms with Gasteiger partial charge in [-0.3, -0.25) is 0 Å². The Kier molecular flexibility index (Phi) is 3.79. The fourth-order valence-electron chi connectivity index (χ4n) is 3.37. The molecule has 0 spiro atoms. The molecule has 0 aromatic heterocycles. The molecule has 104 valence electrons. The third-order valence-electron chi connectivity index (χ3n) is 4.90. The highest BCUT2D eigenvalue weighted by Crippen LogP contribution is 2.42. The summed E-state index contributed by atoms with van der Waals surface area (Å²) in [6, 6.07) is 8.54. The Bertz CT molecular complexity index is 406. The molecule has 2 nitrogen and oxygen atoms in total. The maximum atomic E-state index is 9.59. The second kappa shape index (κ2) is 5.54. The zero-order chi connectivity index (χ0) is 13.2. The van der Waals surface area contributed by atoms with Crippen molar-refractivity contribution >= 4 is 0 Å². The molecule has 2 heteroatoms. The quantitative estimate of drug-likeness (QED) is 0.893. The van der Waals surface area contributed by atoms with E-state index in [0.717, 1.165) is 12.2 Å². The molecule has 0 aliphatic heterocycles. The Morgan fingerprint density at radius 1 is 1.05 bits per heavy atom. The molecule has 1 aromatic rings. The molecule has 3 unspecified atom stereocenters. The van der Waals surface area contributed by atoms with E-state index in [0.29, 0.717) is 17.9 Å². The molecule has 1 N–H and O–H groups in total. The van der Waals surface area contributed by atoms with Crippen molar-refractivity contribution in [1.82, 2.24) is 0 Å². The SMILES string of the molecule is CC1C(O)CC1c1ccc(OC2CCCCC2)cc1. The number of aliphatic hydroxyl groups excluding tert-OH is 1. The number of benzene rings is 1. The van der Waals surface area contributed by atoms with Gasteiger partial charge in [0.1, 0.15) is 5.75 Å². The lowest BCUT2D eigenvalue weighted by molar-refractivity contribution is 0.0117. The summed E-state index contributed by atoms with van der Waals surface area (Å²) in [5, 5.41) is 9.59. The summed E-state index contributed by atoms with van der Waals surface area (Å²) >= 11 is 0. The van der Waals surface area contributed by atoms with Crippen LogP contribution < -0.4 is 4.74 Å². The molecule has 2 saturated carbocycles. The molecular formula is C17H24O2. The van der Waals surface area contributed by atoms with E-state index in [9.17, 15) is 5.11 Å². The van der Waals surface area contributed by atoms with Crippen LogP contribution in [0.5, 0.6) is 5.75 Å². The lowest BCUT2D eigenvalue weighted by Gasteiger charge is -2.39. The van der Waals surface area contributed by atoms with Crippen LogP contribution in [0.3, 0.4) is 0 Å². The molecular weight excluding hydrogens is 236 g/mol. The highest BCUT2D eigenvalue weighted by Gasteiger charge is 2.37. The van der Waals surface area contributed by atoms with Gasteiger partial charge in [0.25, 0.3) is 0 Å². The van der Waals surface area contributed by atoms with Crippen molar-refractivity contribution in [3.8, 4) is 5.75 Å². The molecule has 3 rings (SSSR count). The van der Waals surface area contributed by atoms with Crippen molar-refractivity contribution in [2.45, 2.75) is 63.6 Å². The van der Waals surface area contributed by atoms with Gasteiger partial charge in [0, 0.05) is 0 Å². The zero-order valence-corrected chi connectivity index (χ0v) is 11.7. The first kappa shape index (κ1) is 13.0. The molecule has 0 bridgehead atoms. The number of hydrogen-bond acceptors (Lipinski definition) is 2. The Hall–Kier alpha value is -1.02. The summed E-state index contributed by atoms with van der Waals surface area (Å²) in [4.78, 5) is 0. The second-order valence-corrected chi connectivity index (χ2v) is 6.22. The van der Waals surface area contributed by atoms with E-state index in [1.807, 2.05) is 0 Å². The molecule has 0 heterocycles. The first-order valence-electron chi connectivity index (χ1n) is 7.69. The third kappa shape index (κ3) is 2.79. The van der Waals surface area contributed by atoms with Crippen molar-refractivity contribution in [3.05, 3.63) is 29.8 Å². The number of rotatable bonds is 3. The van der Waals surface area contributed by atoms with E-state index in [4.69, 9.17) is 4.74 Å². The highest BCUT2D eigenvalue weighted by molar-refractivity contribution is 5.31. The summed E-state index contributed by atoms with van der Waals surface area (Å²) in [6.07, 6.45) is 7.60. The maximum Gasteiger partial charge on any atom is 0.119 e. The minimum absolute atomic E-state index is 0.108. The third-order valence-corrected chi connectivity index (χ3v) is 4.90. The maximum absolute atomic E-state index is 9.59.